The number of aryl methyl sites for hydroxylation is 1. The first kappa shape index (κ1) is 18.5. The van der Waals surface area contributed by atoms with Gasteiger partial charge in [-0.2, -0.15) is 0 Å². The van der Waals surface area contributed by atoms with Crippen molar-refractivity contribution in [2.75, 3.05) is 0 Å². The van der Waals surface area contributed by atoms with Crippen molar-refractivity contribution in [2.45, 2.75) is 13.5 Å². The zero-order chi connectivity index (χ0) is 19.4. The summed E-state index contributed by atoms with van der Waals surface area (Å²) in [7, 11) is 0. The van der Waals surface area contributed by atoms with Crippen LogP contribution in [-0.4, -0.2) is 21.3 Å². The number of hydrogen-bond acceptors (Lipinski definition) is 4. The Morgan fingerprint density at radius 1 is 1.19 bits per heavy atom. The number of nitrogens with one attached hydrogen (secondary N) is 2. The summed E-state index contributed by atoms with van der Waals surface area (Å²) in [6.45, 7) is 2.23. The van der Waals surface area contributed by atoms with Crippen molar-refractivity contribution in [1.29, 1.82) is 5.41 Å². The number of amidine groups is 1. The first-order valence-electron chi connectivity index (χ1n) is 8.19. The standard InChI is InChI=1S/C20H17ClN4O2/c1-13-7-14(10-23-9-13)11-25-12-16(5-6-18(25)26)20(27)24-19(22)15-3-2-4-17(21)8-15/h2-10,12H,11H2,1H3,(H2,22,24,27). The Hall–Kier alpha value is -3.25. The van der Waals surface area contributed by atoms with E-state index in [4.69, 9.17) is 17.0 Å². The van der Waals surface area contributed by atoms with E-state index in [1.807, 2.05) is 13.0 Å². The van der Waals surface area contributed by atoms with Crippen LogP contribution in [0, 0.1) is 12.3 Å². The van der Waals surface area contributed by atoms with Crippen LogP contribution in [0.2, 0.25) is 5.02 Å². The summed E-state index contributed by atoms with van der Waals surface area (Å²) in [4.78, 5) is 28.7. The lowest BCUT2D eigenvalue weighted by Crippen LogP contribution is -2.32. The normalized spacial score (nSPS) is 10.4. The maximum absolute atomic E-state index is 12.5. The fourth-order valence-corrected chi connectivity index (χ4v) is 2.78. The summed E-state index contributed by atoms with van der Waals surface area (Å²) in [6.07, 6.45) is 4.89. The van der Waals surface area contributed by atoms with Crippen molar-refractivity contribution in [3.05, 3.63) is 98.7 Å². The highest BCUT2D eigenvalue weighted by Crippen LogP contribution is 2.11. The Labute approximate surface area is 161 Å². The van der Waals surface area contributed by atoms with E-state index in [9.17, 15) is 9.59 Å². The van der Waals surface area contributed by atoms with Crippen LogP contribution in [0.25, 0.3) is 0 Å². The topological polar surface area (TPSA) is 87.8 Å². The second-order valence-electron chi connectivity index (χ2n) is 6.09. The number of amides is 1. The third-order valence-corrected chi connectivity index (χ3v) is 4.12. The molecular formula is C20H17ClN4O2. The lowest BCUT2D eigenvalue weighted by atomic mass is 10.2. The van der Waals surface area contributed by atoms with Gasteiger partial charge in [-0.15, -0.1) is 0 Å². The van der Waals surface area contributed by atoms with Crippen molar-refractivity contribution in [3.63, 3.8) is 0 Å². The van der Waals surface area contributed by atoms with E-state index in [1.54, 1.807) is 36.7 Å². The smallest absolute Gasteiger partial charge is 0.258 e. The Morgan fingerprint density at radius 2 is 2.00 bits per heavy atom. The summed E-state index contributed by atoms with van der Waals surface area (Å²) in [6, 6.07) is 11.4. The predicted octanol–water partition coefficient (Wildman–Crippen LogP) is 3.01. The van der Waals surface area contributed by atoms with Gasteiger partial charge >= 0.3 is 0 Å². The van der Waals surface area contributed by atoms with Crippen molar-refractivity contribution < 1.29 is 4.79 Å². The van der Waals surface area contributed by atoms with Gasteiger partial charge in [0.05, 0.1) is 12.1 Å². The quantitative estimate of drug-likeness (QED) is 0.538. The molecule has 3 rings (SSSR count). The number of pyridine rings is 2. The second-order valence-corrected chi connectivity index (χ2v) is 6.53. The highest BCUT2D eigenvalue weighted by Gasteiger charge is 2.11. The number of carbonyl (C=O) groups excluding carboxylic acids is 1. The van der Waals surface area contributed by atoms with Gasteiger partial charge in [0, 0.05) is 35.2 Å². The summed E-state index contributed by atoms with van der Waals surface area (Å²) in [5, 5.41) is 11.0. The van der Waals surface area contributed by atoms with Gasteiger partial charge in [0.25, 0.3) is 11.5 Å². The molecule has 0 fully saturated rings. The zero-order valence-electron chi connectivity index (χ0n) is 14.6. The molecule has 1 aromatic carbocycles. The lowest BCUT2D eigenvalue weighted by Gasteiger charge is -2.10. The largest absolute Gasteiger partial charge is 0.310 e. The highest BCUT2D eigenvalue weighted by atomic mass is 35.5. The monoisotopic (exact) mass is 380 g/mol. The Balaban J connectivity index is 1.79. The molecular weight excluding hydrogens is 364 g/mol. The van der Waals surface area contributed by atoms with Crippen LogP contribution in [0.3, 0.4) is 0 Å². The van der Waals surface area contributed by atoms with Gasteiger partial charge in [0.2, 0.25) is 0 Å². The van der Waals surface area contributed by atoms with Gasteiger partial charge in [0.15, 0.2) is 0 Å². The van der Waals surface area contributed by atoms with Gasteiger partial charge < -0.3 is 9.88 Å². The van der Waals surface area contributed by atoms with Gasteiger partial charge in [-0.25, -0.2) is 0 Å². The fourth-order valence-electron chi connectivity index (χ4n) is 2.59. The van der Waals surface area contributed by atoms with E-state index in [2.05, 4.69) is 10.3 Å². The van der Waals surface area contributed by atoms with Crippen LogP contribution in [0.15, 0.2) is 65.8 Å². The van der Waals surface area contributed by atoms with Crippen molar-refractivity contribution in [2.24, 2.45) is 0 Å². The van der Waals surface area contributed by atoms with Crippen LogP contribution in [0.1, 0.15) is 27.0 Å². The number of hydrogen-bond donors (Lipinski definition) is 2. The number of nitrogens with zero attached hydrogens (tertiary/aromatic N) is 2. The molecule has 0 aliphatic rings. The van der Waals surface area contributed by atoms with Crippen molar-refractivity contribution >= 4 is 23.3 Å². The molecule has 136 valence electrons. The third kappa shape index (κ3) is 4.68. The molecule has 2 aromatic heterocycles. The van der Waals surface area contributed by atoms with Gasteiger partial charge in [0.1, 0.15) is 5.84 Å². The van der Waals surface area contributed by atoms with Crippen LogP contribution < -0.4 is 10.9 Å². The third-order valence-electron chi connectivity index (χ3n) is 3.88. The molecule has 0 spiro atoms. The first-order chi connectivity index (χ1) is 12.9. The summed E-state index contributed by atoms with van der Waals surface area (Å²) >= 11 is 5.92. The van der Waals surface area contributed by atoms with Gasteiger partial charge in [-0.05, 0) is 36.2 Å². The molecule has 0 atom stereocenters. The molecule has 0 radical (unpaired) electrons. The molecule has 6 nitrogen and oxygen atoms in total. The van der Waals surface area contributed by atoms with Gasteiger partial charge in [-0.1, -0.05) is 29.8 Å². The second kappa shape index (κ2) is 7.97. The molecule has 0 saturated carbocycles. The lowest BCUT2D eigenvalue weighted by molar-refractivity contribution is 0.0976. The molecule has 2 N–H and O–H groups in total. The van der Waals surface area contributed by atoms with Crippen LogP contribution >= 0.6 is 11.6 Å². The molecule has 0 unspecified atom stereocenters. The minimum absolute atomic E-state index is 0.0665. The summed E-state index contributed by atoms with van der Waals surface area (Å²) in [5.74, 6) is -0.542. The molecule has 7 heteroatoms. The van der Waals surface area contributed by atoms with E-state index in [0.29, 0.717) is 17.1 Å². The van der Waals surface area contributed by atoms with E-state index < -0.39 is 5.91 Å². The predicted molar refractivity (Wildman–Crippen MR) is 105 cm³/mol. The fraction of sp³-hybridized carbons (Fsp3) is 0.100. The van der Waals surface area contributed by atoms with E-state index in [0.717, 1.165) is 11.1 Å². The SMILES string of the molecule is Cc1cncc(Cn2cc(C(=O)NC(=N)c3cccc(Cl)c3)ccc2=O)c1. The Kier molecular flexibility index (Phi) is 5.47. The average Bonchev–Trinajstić information content (AvgIpc) is 2.63. The number of carbonyl (C=O) groups is 1. The molecule has 27 heavy (non-hydrogen) atoms. The van der Waals surface area contributed by atoms with Gasteiger partial charge in [-0.3, -0.25) is 20.0 Å². The summed E-state index contributed by atoms with van der Waals surface area (Å²) < 4.78 is 1.44. The highest BCUT2D eigenvalue weighted by molar-refractivity contribution is 6.31. The van der Waals surface area contributed by atoms with E-state index >= 15 is 0 Å². The molecule has 0 aliphatic heterocycles. The van der Waals surface area contributed by atoms with Crippen LogP contribution in [0.4, 0.5) is 0 Å². The number of rotatable bonds is 4. The van der Waals surface area contributed by atoms with E-state index in [-0.39, 0.29) is 17.0 Å². The number of aromatic nitrogens is 2. The average molecular weight is 381 g/mol. The molecule has 3 aromatic rings. The minimum Gasteiger partial charge on any atom is -0.310 e. The zero-order valence-corrected chi connectivity index (χ0v) is 15.3. The Bertz CT molecular complexity index is 1080. The molecule has 2 heterocycles. The minimum atomic E-state index is -0.476. The number of halogens is 1. The maximum atomic E-state index is 12.5. The molecule has 0 aliphatic carbocycles. The maximum Gasteiger partial charge on any atom is 0.258 e. The molecule has 1 amide bonds. The summed E-state index contributed by atoms with van der Waals surface area (Å²) in [5.41, 5.74) is 2.40. The van der Waals surface area contributed by atoms with E-state index in [1.165, 1.54) is 22.9 Å². The molecule has 0 bridgehead atoms. The Morgan fingerprint density at radius 3 is 2.74 bits per heavy atom. The first-order valence-corrected chi connectivity index (χ1v) is 8.57. The van der Waals surface area contributed by atoms with Crippen LogP contribution in [0.5, 0.6) is 0 Å². The van der Waals surface area contributed by atoms with Crippen molar-refractivity contribution in [1.82, 2.24) is 14.9 Å². The molecule has 0 saturated heterocycles. The number of benzene rings is 1. The van der Waals surface area contributed by atoms with Crippen LogP contribution in [-0.2, 0) is 6.54 Å². The van der Waals surface area contributed by atoms with Crippen molar-refractivity contribution in [3.8, 4) is 0 Å².